The lowest BCUT2D eigenvalue weighted by Crippen LogP contribution is -2.09. The summed E-state index contributed by atoms with van der Waals surface area (Å²) in [5, 5.41) is 0. The third kappa shape index (κ3) is 1.84. The number of amides is 1. The number of nitrogens with zero attached hydrogens (tertiary/aromatic N) is 1. The van der Waals surface area contributed by atoms with Gasteiger partial charge in [0.25, 0.3) is 0 Å². The molecule has 0 unspecified atom stereocenters. The Morgan fingerprint density at radius 3 is 2.69 bits per heavy atom. The molecule has 2 aromatic rings. The van der Waals surface area contributed by atoms with Crippen LogP contribution in [0.15, 0.2) is 42.7 Å². The van der Waals surface area contributed by atoms with Crippen LogP contribution in [-0.2, 0) is 6.42 Å². The second-order valence-corrected chi connectivity index (χ2v) is 3.65. The van der Waals surface area contributed by atoms with Gasteiger partial charge >= 0.3 is 0 Å². The van der Waals surface area contributed by atoms with Crippen molar-refractivity contribution in [1.82, 2.24) is 4.57 Å². The van der Waals surface area contributed by atoms with Gasteiger partial charge in [0.2, 0.25) is 5.91 Å². The third-order valence-corrected chi connectivity index (χ3v) is 2.63. The van der Waals surface area contributed by atoms with Gasteiger partial charge in [0.15, 0.2) is 0 Å². The maximum absolute atomic E-state index is 11.0. The van der Waals surface area contributed by atoms with Crippen LogP contribution >= 0.6 is 0 Å². The molecule has 3 heteroatoms. The van der Waals surface area contributed by atoms with Gasteiger partial charge in [-0.3, -0.25) is 4.79 Å². The van der Waals surface area contributed by atoms with Gasteiger partial charge in [-0.25, -0.2) is 0 Å². The minimum absolute atomic E-state index is 0.396. The number of rotatable bonds is 3. The van der Waals surface area contributed by atoms with E-state index in [9.17, 15) is 4.79 Å². The first kappa shape index (κ1) is 10.5. The molecule has 82 valence electrons. The average molecular weight is 214 g/mol. The lowest BCUT2D eigenvalue weighted by molar-refractivity contribution is 0.100. The van der Waals surface area contributed by atoms with Crippen LogP contribution in [0.25, 0.3) is 5.69 Å². The van der Waals surface area contributed by atoms with Crippen molar-refractivity contribution in [3.8, 4) is 5.69 Å². The summed E-state index contributed by atoms with van der Waals surface area (Å²) in [4.78, 5) is 11.0. The van der Waals surface area contributed by atoms with E-state index in [2.05, 4.69) is 13.0 Å². The first-order chi connectivity index (χ1) is 7.72. The monoisotopic (exact) mass is 214 g/mol. The zero-order valence-electron chi connectivity index (χ0n) is 9.18. The first-order valence-corrected chi connectivity index (χ1v) is 5.28. The fourth-order valence-corrected chi connectivity index (χ4v) is 1.75. The Morgan fingerprint density at radius 1 is 1.31 bits per heavy atom. The summed E-state index contributed by atoms with van der Waals surface area (Å²) in [7, 11) is 0. The van der Waals surface area contributed by atoms with Crippen molar-refractivity contribution in [3.63, 3.8) is 0 Å². The maximum atomic E-state index is 11.0. The van der Waals surface area contributed by atoms with Crippen LogP contribution < -0.4 is 5.73 Å². The molecule has 0 fully saturated rings. The van der Waals surface area contributed by atoms with E-state index < -0.39 is 5.91 Å². The number of aryl methyl sites for hydroxylation is 1. The topological polar surface area (TPSA) is 48.0 Å². The standard InChI is InChI=1S/C13H14N2O/c1-2-10-5-3-4-6-12(10)15-8-7-11(9-15)13(14)16/h3-9H,2H2,1H3,(H2,14,16). The van der Waals surface area contributed by atoms with Gasteiger partial charge < -0.3 is 10.3 Å². The van der Waals surface area contributed by atoms with Crippen LogP contribution in [0.5, 0.6) is 0 Å². The maximum Gasteiger partial charge on any atom is 0.250 e. The molecule has 0 aliphatic rings. The van der Waals surface area contributed by atoms with E-state index in [1.807, 2.05) is 29.0 Å². The third-order valence-electron chi connectivity index (χ3n) is 2.63. The number of hydrogen-bond acceptors (Lipinski definition) is 1. The first-order valence-electron chi connectivity index (χ1n) is 5.28. The number of para-hydroxylation sites is 1. The van der Waals surface area contributed by atoms with Gasteiger partial charge in [0.1, 0.15) is 0 Å². The molecule has 0 aliphatic carbocycles. The van der Waals surface area contributed by atoms with E-state index in [1.54, 1.807) is 12.3 Å². The van der Waals surface area contributed by atoms with Crippen LogP contribution in [-0.4, -0.2) is 10.5 Å². The molecule has 0 radical (unpaired) electrons. The van der Waals surface area contributed by atoms with E-state index in [4.69, 9.17) is 5.73 Å². The Balaban J connectivity index is 2.46. The smallest absolute Gasteiger partial charge is 0.250 e. The van der Waals surface area contributed by atoms with Gasteiger partial charge in [-0.1, -0.05) is 25.1 Å². The molecule has 2 N–H and O–H groups in total. The van der Waals surface area contributed by atoms with Gasteiger partial charge in [0.05, 0.1) is 5.56 Å². The van der Waals surface area contributed by atoms with Gasteiger partial charge in [-0.15, -0.1) is 0 Å². The number of nitrogens with two attached hydrogens (primary N) is 1. The zero-order valence-corrected chi connectivity index (χ0v) is 9.18. The molecule has 1 heterocycles. The Morgan fingerprint density at radius 2 is 2.06 bits per heavy atom. The van der Waals surface area contributed by atoms with Gasteiger partial charge in [0, 0.05) is 18.1 Å². The Bertz CT molecular complexity index is 514. The summed E-state index contributed by atoms with van der Waals surface area (Å²) < 4.78 is 1.93. The van der Waals surface area contributed by atoms with Crippen molar-refractivity contribution in [1.29, 1.82) is 0 Å². The fourth-order valence-electron chi connectivity index (χ4n) is 1.75. The average Bonchev–Trinajstić information content (AvgIpc) is 2.78. The van der Waals surface area contributed by atoms with Gasteiger partial charge in [-0.2, -0.15) is 0 Å². The van der Waals surface area contributed by atoms with Crippen molar-refractivity contribution >= 4 is 5.91 Å². The number of hydrogen-bond donors (Lipinski definition) is 1. The molecule has 0 atom stereocenters. The minimum Gasteiger partial charge on any atom is -0.366 e. The Labute approximate surface area is 94.5 Å². The van der Waals surface area contributed by atoms with Crippen molar-refractivity contribution < 1.29 is 4.79 Å². The number of benzene rings is 1. The summed E-state index contributed by atoms with van der Waals surface area (Å²) in [5.74, 6) is -0.396. The lowest BCUT2D eigenvalue weighted by atomic mass is 10.1. The van der Waals surface area contributed by atoms with Crippen LogP contribution in [0, 0.1) is 0 Å². The molecule has 16 heavy (non-hydrogen) atoms. The van der Waals surface area contributed by atoms with Crippen molar-refractivity contribution in [2.45, 2.75) is 13.3 Å². The predicted molar refractivity (Wildman–Crippen MR) is 63.7 cm³/mol. The summed E-state index contributed by atoms with van der Waals surface area (Å²) in [5.41, 5.74) is 8.10. The van der Waals surface area contributed by atoms with Crippen molar-refractivity contribution in [2.75, 3.05) is 0 Å². The van der Waals surface area contributed by atoms with Crippen LogP contribution in [0.1, 0.15) is 22.8 Å². The molecule has 1 aromatic carbocycles. The molecular weight excluding hydrogens is 200 g/mol. The fraction of sp³-hybridized carbons (Fsp3) is 0.154. The largest absolute Gasteiger partial charge is 0.366 e. The van der Waals surface area contributed by atoms with Gasteiger partial charge in [-0.05, 0) is 24.1 Å². The summed E-state index contributed by atoms with van der Waals surface area (Å²) >= 11 is 0. The van der Waals surface area contributed by atoms with Crippen molar-refractivity contribution in [3.05, 3.63) is 53.9 Å². The normalized spacial score (nSPS) is 10.3. The number of primary amides is 1. The molecule has 0 saturated heterocycles. The second kappa shape index (κ2) is 4.23. The molecule has 1 amide bonds. The molecule has 0 saturated carbocycles. The second-order valence-electron chi connectivity index (χ2n) is 3.65. The highest BCUT2D eigenvalue weighted by atomic mass is 16.1. The summed E-state index contributed by atoms with van der Waals surface area (Å²) in [6.45, 7) is 2.11. The number of carbonyl (C=O) groups is 1. The molecule has 1 aromatic heterocycles. The highest BCUT2D eigenvalue weighted by molar-refractivity contribution is 5.92. The minimum atomic E-state index is -0.396. The summed E-state index contributed by atoms with van der Waals surface area (Å²) in [6.07, 6.45) is 4.58. The molecule has 0 bridgehead atoms. The number of carbonyl (C=O) groups excluding carboxylic acids is 1. The van der Waals surface area contributed by atoms with E-state index >= 15 is 0 Å². The van der Waals surface area contributed by atoms with E-state index in [1.165, 1.54) is 5.56 Å². The molecule has 0 aliphatic heterocycles. The molecular formula is C13H14N2O. The van der Waals surface area contributed by atoms with Crippen LogP contribution in [0.3, 0.4) is 0 Å². The van der Waals surface area contributed by atoms with E-state index in [0.29, 0.717) is 5.56 Å². The van der Waals surface area contributed by atoms with Crippen LogP contribution in [0.4, 0.5) is 0 Å². The van der Waals surface area contributed by atoms with E-state index in [0.717, 1.165) is 12.1 Å². The quantitative estimate of drug-likeness (QED) is 0.836. The zero-order chi connectivity index (χ0) is 11.5. The van der Waals surface area contributed by atoms with E-state index in [-0.39, 0.29) is 0 Å². The summed E-state index contributed by atoms with van der Waals surface area (Å²) in [6, 6.07) is 9.84. The SMILES string of the molecule is CCc1ccccc1-n1ccc(C(N)=O)c1. The lowest BCUT2D eigenvalue weighted by Gasteiger charge is -2.08. The Hall–Kier alpha value is -2.03. The predicted octanol–water partition coefficient (Wildman–Crippen LogP) is 2.14. The highest BCUT2D eigenvalue weighted by Gasteiger charge is 2.05. The number of aromatic nitrogens is 1. The van der Waals surface area contributed by atoms with Crippen molar-refractivity contribution in [2.24, 2.45) is 5.73 Å². The van der Waals surface area contributed by atoms with Crippen LogP contribution in [0.2, 0.25) is 0 Å². The Kier molecular flexibility index (Phi) is 2.77. The highest BCUT2D eigenvalue weighted by Crippen LogP contribution is 2.16. The molecule has 2 rings (SSSR count). The molecule has 3 nitrogen and oxygen atoms in total. The molecule has 0 spiro atoms.